The maximum absolute atomic E-state index is 14.3. The number of allylic oxidation sites excluding steroid dienone is 3. The highest BCUT2D eigenvalue weighted by atomic mass is 16.5. The quantitative estimate of drug-likeness (QED) is 0.0155. The van der Waals surface area contributed by atoms with E-state index in [1.54, 1.807) is 76.2 Å². The zero-order valence-electron chi connectivity index (χ0n) is 89.6. The molecule has 2 heterocycles. The fourth-order valence-electron chi connectivity index (χ4n) is 15.0. The summed E-state index contributed by atoms with van der Waals surface area (Å²) in [5.41, 5.74) is 4.08. The first-order chi connectivity index (χ1) is 69.3. The molecule has 0 aromatic carbocycles. The van der Waals surface area contributed by atoms with Crippen LogP contribution in [0.1, 0.15) is 250 Å². The standard InChI is InChI=1S/C98H163N23O27/c1-26-32-33-34-35-37-61(124)44-69(125)108-64(31-6)97(146)121-42-36-38-68(121)90(139)105-55(20)80(129)101-54(19)79(128)104-59(24)84(133)115-72(48(11)12)93(142)117-71(47(9)10)92(141)109-62(29-4)85(134)112-66(40-43-122)88(137)116-73(49(13)14)94(143)118-74(50(15)27-2)95(144)106-56(21)81(130)102-52(17)77(126)100-53(18)78(127)103-58(23)83(132)114-70(46(7)8)91(140)110-63(30-5)86(135)120-76-60(25)148-98(147)75(51(16)28-3)119-89(138)67(45-123)113-87(136)65(39-41-99)111-82(131)57(22)107-96(76)145/h29-31,46-55,57-61,65-68,70-76,122-124H,21,26-28,32-45,99H2,1-20,22-25H3,(H,100,126)(H,101,129)(H,102,130)(H,103,127)(H,104,128)(H,105,139)(H,106,144)(H,107,145)(H,108,125)(H,109,141)(H,110,140)(H,111,131)(H,112,134)(H,113,136)(H,114,132)(H,115,133)(H,116,137)(H,117,142)(H,118,143)(H,119,138)(H,120,135)/b62-29-,63-30+,64-31-/t50-,51+,52+,53+,54+,55+,57+,58+,59+,60+,61?,65?,66+,67+,68+,70+,71+,72+,73+,74+,75?,76?/m1/s1. The van der Waals surface area contributed by atoms with Crippen molar-refractivity contribution in [2.24, 2.45) is 41.2 Å². The summed E-state index contributed by atoms with van der Waals surface area (Å²) in [6.45, 7) is 37.5. The molecule has 0 saturated carbocycles. The second-order valence-corrected chi connectivity index (χ2v) is 38.6. The van der Waals surface area contributed by atoms with Crippen LogP contribution in [0.25, 0.3) is 0 Å². The van der Waals surface area contributed by atoms with E-state index in [1.165, 1.54) is 100 Å². The lowest BCUT2D eigenvalue weighted by atomic mass is 9.96. The van der Waals surface area contributed by atoms with E-state index in [2.05, 4.69) is 125 Å². The lowest BCUT2D eigenvalue weighted by Crippen LogP contribution is -2.62. The zero-order chi connectivity index (χ0) is 113. The van der Waals surface area contributed by atoms with Crippen molar-refractivity contribution in [2.45, 2.75) is 371 Å². The van der Waals surface area contributed by atoms with E-state index in [4.69, 9.17) is 10.5 Å². The Kier molecular flexibility index (Phi) is 57.1. The number of aliphatic hydroxyl groups is 3. The number of ether oxygens (including phenoxy) is 1. The van der Waals surface area contributed by atoms with E-state index in [1.807, 2.05) is 0 Å². The van der Waals surface area contributed by atoms with Gasteiger partial charge in [0.2, 0.25) is 106 Å². The van der Waals surface area contributed by atoms with Crippen LogP contribution in [-0.4, -0.2) is 303 Å². The molecule has 0 aromatic heterocycles. The Morgan fingerprint density at radius 1 is 0.453 bits per heavy atom. The number of carbonyl (C=O) groups is 23. The van der Waals surface area contributed by atoms with E-state index < -0.39 is 329 Å². The first-order valence-corrected chi connectivity index (χ1v) is 50.5. The molecule has 2 saturated heterocycles. The summed E-state index contributed by atoms with van der Waals surface area (Å²) >= 11 is 0. The highest BCUT2D eigenvalue weighted by Crippen LogP contribution is 2.23. The lowest BCUT2D eigenvalue weighted by Gasteiger charge is -2.31. The average molecular weight is 2100 g/mol. The number of rotatable bonds is 55. The molecule has 2 rings (SSSR count). The number of hydrogen-bond acceptors (Lipinski definition) is 28. The Morgan fingerprint density at radius 3 is 1.33 bits per heavy atom. The van der Waals surface area contributed by atoms with Crippen molar-refractivity contribution in [1.82, 2.24) is 117 Å². The number of amides is 22. The summed E-state index contributed by atoms with van der Waals surface area (Å²) in [5.74, 6) is -25.4. The number of aliphatic hydroxyl groups excluding tert-OH is 3. The van der Waals surface area contributed by atoms with Gasteiger partial charge in [-0.05, 0) is 150 Å². The van der Waals surface area contributed by atoms with Crippen LogP contribution in [0.2, 0.25) is 0 Å². The third-order valence-corrected chi connectivity index (χ3v) is 24.9. The minimum atomic E-state index is -1.85. The summed E-state index contributed by atoms with van der Waals surface area (Å²) < 4.78 is 5.68. The molecular weight excluding hydrogens is 1930 g/mol. The normalized spacial score (nSPS) is 20.1. The van der Waals surface area contributed by atoms with E-state index in [-0.39, 0.29) is 50.9 Å². The van der Waals surface area contributed by atoms with Crippen LogP contribution in [0.5, 0.6) is 0 Å². The van der Waals surface area contributed by atoms with Crippen molar-refractivity contribution in [3.63, 3.8) is 0 Å². The molecule has 2 aliphatic heterocycles. The molecule has 832 valence electrons. The van der Waals surface area contributed by atoms with Gasteiger partial charge in [0, 0.05) is 13.2 Å². The number of hydrogen-bond donors (Lipinski definition) is 25. The highest BCUT2D eigenvalue weighted by molar-refractivity contribution is 6.07. The van der Waals surface area contributed by atoms with Crippen LogP contribution in [0.15, 0.2) is 47.6 Å². The second kappa shape index (κ2) is 64.7. The third-order valence-electron chi connectivity index (χ3n) is 24.9. The van der Waals surface area contributed by atoms with Crippen LogP contribution in [0.3, 0.4) is 0 Å². The topological polar surface area (TPSA) is 744 Å². The number of unbranched alkanes of at least 4 members (excludes halogenated alkanes) is 4. The van der Waals surface area contributed by atoms with Crippen LogP contribution < -0.4 is 117 Å². The molecule has 2 fully saturated rings. The number of esters is 1. The number of nitrogens with two attached hydrogens (primary N) is 1. The van der Waals surface area contributed by atoms with Gasteiger partial charge in [-0.15, -0.1) is 0 Å². The molecule has 22 atom stereocenters. The molecule has 148 heavy (non-hydrogen) atoms. The largest absolute Gasteiger partial charge is 0.458 e. The minimum Gasteiger partial charge on any atom is -0.458 e. The SMILES string of the molecule is C=C(NC(=O)[C@@H](NC(=O)[C@@H](NC(=O)[C@H](CCO)NC(=O)/C(=C/C)NC(=O)[C@@H](NC(=O)[C@@H](NC(=O)[C@H](C)NC(=O)[C@H](C)NC(=O)[C@H](C)NC(=O)[C@@H]1CCCN1C(=O)/C(=C/C)NC(=O)CC(O)CCCCCCC)C(C)C)C(C)C)C(C)C)[C@H](C)CC)C(=O)N[C@@H](C)C(=O)N[C@@H](C)C(=O)N[C@@H](C)C(=O)N[C@H](C(=O)N/C(=C/C)C(=O)NC1C(=O)N[C@@H](C)C(=O)NC(CCN)C(=O)N[C@@H](CO)C(=O)NC([C@@H](C)CC)C(=O)O[C@H]1C)C(C)C. The van der Waals surface area contributed by atoms with Crippen molar-refractivity contribution < 1.29 is 130 Å². The lowest BCUT2D eigenvalue weighted by molar-refractivity contribution is -0.157. The van der Waals surface area contributed by atoms with Gasteiger partial charge in [-0.1, -0.05) is 160 Å². The monoisotopic (exact) mass is 2090 g/mol. The van der Waals surface area contributed by atoms with E-state index in [9.17, 15) is 126 Å². The Bertz CT molecular complexity index is 4770. The molecule has 4 unspecified atom stereocenters. The maximum atomic E-state index is 14.3. The molecule has 50 heteroatoms. The number of cyclic esters (lactones) is 1. The van der Waals surface area contributed by atoms with Gasteiger partial charge < -0.3 is 142 Å². The summed E-state index contributed by atoms with van der Waals surface area (Å²) in [6, 6.07) is -25.6. The molecule has 0 radical (unpaired) electrons. The van der Waals surface area contributed by atoms with Crippen LogP contribution >= 0.6 is 0 Å². The van der Waals surface area contributed by atoms with Crippen LogP contribution in [0.4, 0.5) is 0 Å². The average Bonchev–Trinajstić information content (AvgIpc) is 1.74. The second-order valence-electron chi connectivity index (χ2n) is 38.6. The van der Waals surface area contributed by atoms with Crippen LogP contribution in [0, 0.1) is 35.5 Å². The molecule has 26 N–H and O–H groups in total. The number of nitrogens with zero attached hydrogens (tertiary/aromatic N) is 1. The van der Waals surface area contributed by atoms with Gasteiger partial charge in [0.15, 0.2) is 0 Å². The number of likely N-dealkylation sites (tertiary alicyclic amines) is 1. The van der Waals surface area contributed by atoms with Gasteiger partial charge in [0.1, 0.15) is 132 Å². The van der Waals surface area contributed by atoms with E-state index >= 15 is 0 Å². The van der Waals surface area contributed by atoms with Crippen molar-refractivity contribution in [3.8, 4) is 0 Å². The minimum absolute atomic E-state index is 0.0811. The van der Waals surface area contributed by atoms with Gasteiger partial charge in [0.05, 0.1) is 24.8 Å². The van der Waals surface area contributed by atoms with Crippen LogP contribution in [-0.2, 0) is 115 Å². The van der Waals surface area contributed by atoms with Crippen molar-refractivity contribution >= 4 is 136 Å². The first kappa shape index (κ1) is 131. The Morgan fingerprint density at radius 2 is 0.878 bits per heavy atom. The number of nitrogens with one attached hydrogen (secondary N) is 21. The maximum Gasteiger partial charge on any atom is 0.329 e. The Hall–Kier alpha value is -13.4. The highest BCUT2D eigenvalue weighted by Gasteiger charge is 2.44. The summed E-state index contributed by atoms with van der Waals surface area (Å²) in [4.78, 5) is 318. The first-order valence-electron chi connectivity index (χ1n) is 50.5. The van der Waals surface area contributed by atoms with Gasteiger partial charge >= 0.3 is 5.97 Å². The molecule has 0 aliphatic carbocycles. The summed E-state index contributed by atoms with van der Waals surface area (Å²) in [6.07, 6.45) is 6.83. The van der Waals surface area contributed by atoms with Gasteiger partial charge in [0.25, 0.3) is 23.6 Å². The molecular formula is C98H163N23O27. The summed E-state index contributed by atoms with van der Waals surface area (Å²) in [5, 5.41) is 82.4. The molecule has 2 aliphatic rings. The van der Waals surface area contributed by atoms with E-state index in [0.29, 0.717) is 12.8 Å². The molecule has 0 spiro atoms. The Balaban J connectivity index is 2.13. The predicted octanol–water partition coefficient (Wildman–Crippen LogP) is -4.46. The fourth-order valence-corrected chi connectivity index (χ4v) is 15.0. The predicted molar refractivity (Wildman–Crippen MR) is 541 cm³/mol. The molecule has 22 amide bonds. The Labute approximate surface area is 864 Å². The van der Waals surface area contributed by atoms with Gasteiger partial charge in [-0.25, -0.2) is 4.79 Å². The van der Waals surface area contributed by atoms with Crippen molar-refractivity contribution in [2.75, 3.05) is 26.3 Å². The molecule has 50 nitrogen and oxygen atoms in total. The van der Waals surface area contributed by atoms with Crippen molar-refractivity contribution in [3.05, 3.63) is 47.6 Å². The van der Waals surface area contributed by atoms with Gasteiger partial charge in [-0.3, -0.25) is 105 Å². The molecule has 0 bridgehead atoms. The smallest absolute Gasteiger partial charge is 0.329 e. The zero-order valence-corrected chi connectivity index (χ0v) is 89.6. The van der Waals surface area contributed by atoms with E-state index in [0.717, 1.165) is 38.2 Å². The molecule has 0 aromatic rings. The third kappa shape index (κ3) is 42.1. The van der Waals surface area contributed by atoms with Gasteiger partial charge in [-0.2, -0.15) is 0 Å². The fraction of sp³-hybridized carbons (Fsp3) is 0.684. The number of carbonyl (C=O) groups excluding carboxylic acids is 23. The van der Waals surface area contributed by atoms with Crippen molar-refractivity contribution in [1.29, 1.82) is 0 Å². The summed E-state index contributed by atoms with van der Waals surface area (Å²) in [7, 11) is 0.